The van der Waals surface area contributed by atoms with Gasteiger partial charge in [-0.05, 0) is 18.2 Å². The van der Waals surface area contributed by atoms with Crippen molar-refractivity contribution in [3.05, 3.63) is 58.9 Å². The molecule has 2 rings (SSSR count). The first-order valence-corrected chi connectivity index (χ1v) is 8.47. The van der Waals surface area contributed by atoms with Gasteiger partial charge in [-0.15, -0.1) is 0 Å². The van der Waals surface area contributed by atoms with Crippen LogP contribution < -0.4 is 5.32 Å². The van der Waals surface area contributed by atoms with Crippen molar-refractivity contribution in [2.75, 3.05) is 11.1 Å². The Morgan fingerprint density at radius 2 is 1.86 bits per heavy atom. The number of hydrogen-bond acceptors (Lipinski definition) is 3. The fourth-order valence-corrected chi connectivity index (χ4v) is 3.18. The van der Waals surface area contributed by atoms with Crippen LogP contribution in [0.15, 0.2) is 47.4 Å². The van der Waals surface area contributed by atoms with Crippen LogP contribution >= 0.6 is 11.6 Å². The summed E-state index contributed by atoms with van der Waals surface area (Å²) in [6.45, 7) is 1.74. The average molecular weight is 328 g/mol. The van der Waals surface area contributed by atoms with E-state index in [0.29, 0.717) is 11.3 Å². The molecule has 0 amide bonds. The first-order chi connectivity index (χ1) is 9.95. The molecule has 6 heteroatoms. The predicted octanol–water partition coefficient (Wildman–Crippen LogP) is 3.88. The molecule has 3 nitrogen and oxygen atoms in total. The maximum Gasteiger partial charge on any atom is 0.180 e. The number of nitrogens with one attached hydrogen (secondary N) is 1. The van der Waals surface area contributed by atoms with Crippen LogP contribution in [0.2, 0.25) is 5.02 Å². The zero-order chi connectivity index (χ0) is 15.5. The van der Waals surface area contributed by atoms with Gasteiger partial charge in [-0.3, -0.25) is 0 Å². The Morgan fingerprint density at radius 1 is 1.14 bits per heavy atom. The molecule has 0 unspecified atom stereocenters. The summed E-state index contributed by atoms with van der Waals surface area (Å²) in [6, 6.07) is 11.3. The SMILES string of the molecule is CCS(=O)(=O)c1ccccc1NCc1cccc(Cl)c1F. The number of para-hydroxylation sites is 1. The molecule has 112 valence electrons. The van der Waals surface area contributed by atoms with Crippen molar-refractivity contribution in [3.8, 4) is 0 Å². The van der Waals surface area contributed by atoms with Crippen LogP contribution in [-0.4, -0.2) is 14.2 Å². The molecule has 1 N–H and O–H groups in total. The second-order valence-electron chi connectivity index (χ2n) is 4.47. The van der Waals surface area contributed by atoms with Gasteiger partial charge in [0, 0.05) is 12.1 Å². The fraction of sp³-hybridized carbons (Fsp3) is 0.200. The Morgan fingerprint density at radius 3 is 2.57 bits per heavy atom. The largest absolute Gasteiger partial charge is 0.380 e. The summed E-state index contributed by atoms with van der Waals surface area (Å²) in [5.41, 5.74) is 0.838. The highest BCUT2D eigenvalue weighted by Crippen LogP contribution is 2.24. The maximum absolute atomic E-state index is 13.8. The van der Waals surface area contributed by atoms with Gasteiger partial charge < -0.3 is 5.32 Å². The lowest BCUT2D eigenvalue weighted by molar-refractivity contribution is 0.597. The summed E-state index contributed by atoms with van der Waals surface area (Å²) in [5, 5.41) is 3.01. The third-order valence-corrected chi connectivity index (χ3v) is 5.18. The molecule has 2 aromatic carbocycles. The first-order valence-electron chi connectivity index (χ1n) is 6.44. The van der Waals surface area contributed by atoms with Gasteiger partial charge in [-0.1, -0.05) is 42.8 Å². The summed E-state index contributed by atoms with van der Waals surface area (Å²) in [7, 11) is -3.33. The molecule has 0 heterocycles. The third kappa shape index (κ3) is 3.54. The number of benzene rings is 2. The number of rotatable bonds is 5. The normalized spacial score (nSPS) is 11.4. The first kappa shape index (κ1) is 15.8. The van der Waals surface area contributed by atoms with Crippen molar-refractivity contribution in [2.45, 2.75) is 18.4 Å². The van der Waals surface area contributed by atoms with E-state index in [-0.39, 0.29) is 22.2 Å². The standard InChI is InChI=1S/C15H15ClFNO2S/c1-2-21(19,20)14-9-4-3-8-13(14)18-10-11-6-5-7-12(16)15(11)17/h3-9,18H,2,10H2,1H3. The maximum atomic E-state index is 13.8. The number of halogens is 2. The minimum atomic E-state index is -3.33. The molecule has 0 saturated carbocycles. The van der Waals surface area contributed by atoms with E-state index in [1.807, 2.05) is 0 Å². The predicted molar refractivity (Wildman–Crippen MR) is 82.9 cm³/mol. The molecule has 2 aromatic rings. The van der Waals surface area contributed by atoms with Crippen molar-refractivity contribution < 1.29 is 12.8 Å². The van der Waals surface area contributed by atoms with Crippen LogP contribution in [0.25, 0.3) is 0 Å². The van der Waals surface area contributed by atoms with Gasteiger partial charge in [0.25, 0.3) is 0 Å². The molecular formula is C15H15ClFNO2S. The zero-order valence-electron chi connectivity index (χ0n) is 11.4. The molecule has 0 atom stereocenters. The number of sulfone groups is 1. The lowest BCUT2D eigenvalue weighted by Gasteiger charge is -2.12. The average Bonchev–Trinajstić information content (AvgIpc) is 2.49. The van der Waals surface area contributed by atoms with E-state index < -0.39 is 15.7 Å². The summed E-state index contributed by atoms with van der Waals surface area (Å²) < 4.78 is 37.9. The van der Waals surface area contributed by atoms with Crippen LogP contribution in [0.5, 0.6) is 0 Å². The minimum absolute atomic E-state index is 0.0111. The molecule has 0 aromatic heterocycles. The second kappa shape index (κ2) is 6.45. The van der Waals surface area contributed by atoms with Crippen LogP contribution in [0, 0.1) is 5.82 Å². The Bertz CT molecular complexity index is 747. The smallest absolute Gasteiger partial charge is 0.180 e. The van der Waals surface area contributed by atoms with E-state index in [9.17, 15) is 12.8 Å². The summed E-state index contributed by atoms with van der Waals surface area (Å²) in [6.07, 6.45) is 0. The van der Waals surface area contributed by atoms with Gasteiger partial charge >= 0.3 is 0 Å². The molecule has 0 fully saturated rings. The molecule has 0 spiro atoms. The molecule has 21 heavy (non-hydrogen) atoms. The van der Waals surface area contributed by atoms with Gasteiger partial charge in [0.15, 0.2) is 9.84 Å². The van der Waals surface area contributed by atoms with Gasteiger partial charge in [0.05, 0.1) is 21.4 Å². The molecule has 0 bridgehead atoms. The van der Waals surface area contributed by atoms with Crippen molar-refractivity contribution >= 4 is 27.1 Å². The Kier molecular flexibility index (Phi) is 4.85. The van der Waals surface area contributed by atoms with Gasteiger partial charge in [0.1, 0.15) is 5.82 Å². The van der Waals surface area contributed by atoms with E-state index in [2.05, 4.69) is 5.32 Å². The Balaban J connectivity index is 2.27. The summed E-state index contributed by atoms with van der Waals surface area (Å²) in [4.78, 5) is 0.218. The van der Waals surface area contributed by atoms with E-state index in [4.69, 9.17) is 11.6 Å². The second-order valence-corrected chi connectivity index (χ2v) is 7.12. The molecular weight excluding hydrogens is 313 g/mol. The summed E-state index contributed by atoms with van der Waals surface area (Å²) >= 11 is 5.72. The van der Waals surface area contributed by atoms with Crippen molar-refractivity contribution in [2.24, 2.45) is 0 Å². The molecule has 0 aliphatic heterocycles. The van der Waals surface area contributed by atoms with E-state index >= 15 is 0 Å². The number of anilines is 1. The van der Waals surface area contributed by atoms with E-state index in [1.165, 1.54) is 12.1 Å². The molecule has 0 aliphatic carbocycles. The highest BCUT2D eigenvalue weighted by atomic mass is 35.5. The molecule has 0 aliphatic rings. The zero-order valence-corrected chi connectivity index (χ0v) is 13.0. The van der Waals surface area contributed by atoms with E-state index in [1.54, 1.807) is 37.3 Å². The topological polar surface area (TPSA) is 46.2 Å². The van der Waals surface area contributed by atoms with Crippen molar-refractivity contribution in [1.29, 1.82) is 0 Å². The number of hydrogen-bond donors (Lipinski definition) is 1. The van der Waals surface area contributed by atoms with Crippen molar-refractivity contribution in [3.63, 3.8) is 0 Å². The molecule has 0 saturated heterocycles. The van der Waals surface area contributed by atoms with Gasteiger partial charge in [0.2, 0.25) is 0 Å². The summed E-state index contributed by atoms with van der Waals surface area (Å²) in [5.74, 6) is -0.487. The lowest BCUT2D eigenvalue weighted by Crippen LogP contribution is -2.09. The Labute approximate surface area is 128 Å². The van der Waals surface area contributed by atoms with Gasteiger partial charge in [-0.25, -0.2) is 12.8 Å². The van der Waals surface area contributed by atoms with Crippen LogP contribution in [0.3, 0.4) is 0 Å². The van der Waals surface area contributed by atoms with Crippen LogP contribution in [0.4, 0.5) is 10.1 Å². The third-order valence-electron chi connectivity index (χ3n) is 3.10. The van der Waals surface area contributed by atoms with Crippen molar-refractivity contribution in [1.82, 2.24) is 0 Å². The Hall–Kier alpha value is -1.59. The van der Waals surface area contributed by atoms with Crippen LogP contribution in [-0.2, 0) is 16.4 Å². The highest BCUT2D eigenvalue weighted by molar-refractivity contribution is 7.91. The minimum Gasteiger partial charge on any atom is -0.380 e. The molecule has 0 radical (unpaired) electrons. The quantitative estimate of drug-likeness (QED) is 0.906. The monoisotopic (exact) mass is 327 g/mol. The highest BCUT2D eigenvalue weighted by Gasteiger charge is 2.16. The van der Waals surface area contributed by atoms with Gasteiger partial charge in [-0.2, -0.15) is 0 Å². The lowest BCUT2D eigenvalue weighted by atomic mass is 10.2. The van der Waals surface area contributed by atoms with Crippen LogP contribution in [0.1, 0.15) is 12.5 Å². The fourth-order valence-electron chi connectivity index (χ4n) is 1.91. The van der Waals surface area contributed by atoms with E-state index in [0.717, 1.165) is 0 Å².